The zero-order valence-electron chi connectivity index (χ0n) is 21.2. The van der Waals surface area contributed by atoms with Crippen molar-refractivity contribution < 1.29 is 24.5 Å². The van der Waals surface area contributed by atoms with Crippen LogP contribution in [0.1, 0.15) is 47.6 Å². The Morgan fingerprint density at radius 3 is 2.59 bits per heavy atom. The lowest BCUT2D eigenvalue weighted by atomic mass is 10.0. The number of carbonyl (C=O) groups is 1. The first kappa shape index (κ1) is 25.9. The molecule has 0 aromatic heterocycles. The lowest BCUT2D eigenvalue weighted by molar-refractivity contribution is -0.137. The van der Waals surface area contributed by atoms with Gasteiger partial charge in [0, 0.05) is 30.4 Å². The highest BCUT2D eigenvalue weighted by Crippen LogP contribution is 2.37. The highest BCUT2D eigenvalue weighted by Gasteiger charge is 2.29. The number of phenolic OH excluding ortho intramolecular Hbond substituents is 1. The van der Waals surface area contributed by atoms with Crippen LogP contribution in [-0.2, 0) is 22.4 Å². The average Bonchev–Trinajstić information content (AvgIpc) is 3.29. The summed E-state index contributed by atoms with van der Waals surface area (Å²) < 4.78 is 5.53. The van der Waals surface area contributed by atoms with Crippen LogP contribution in [0.25, 0.3) is 0 Å². The van der Waals surface area contributed by atoms with Gasteiger partial charge in [-0.05, 0) is 85.2 Å². The first-order valence-electron chi connectivity index (χ1n) is 12.4. The molecule has 1 atom stereocenters. The number of methoxy groups -OCH3 is 1. The number of benzene rings is 3. The van der Waals surface area contributed by atoms with Crippen molar-refractivity contribution >= 4 is 23.3 Å². The zero-order valence-corrected chi connectivity index (χ0v) is 21.2. The molecule has 4 rings (SSSR count). The Hall–Kier alpha value is -4.22. The number of anilines is 2. The maximum Gasteiger partial charge on any atom is 0.303 e. The van der Waals surface area contributed by atoms with E-state index in [2.05, 4.69) is 29.5 Å². The van der Waals surface area contributed by atoms with Crippen molar-refractivity contribution in [2.75, 3.05) is 23.9 Å². The molecule has 1 unspecified atom stereocenters. The Morgan fingerprint density at radius 2 is 1.89 bits per heavy atom. The van der Waals surface area contributed by atoms with Crippen LogP contribution in [0.5, 0.6) is 11.5 Å². The normalized spacial score (nSPS) is 13.0. The van der Waals surface area contributed by atoms with Crippen LogP contribution in [0.3, 0.4) is 0 Å². The second-order valence-corrected chi connectivity index (χ2v) is 9.36. The lowest BCUT2D eigenvalue weighted by Crippen LogP contribution is -2.29. The number of hydrogen-bond acceptors (Lipinski definition) is 6. The summed E-state index contributed by atoms with van der Waals surface area (Å²) in [5.41, 5.74) is 6.35. The number of rotatable bonds is 11. The number of unbranched alkanes of at least 4 members (excludes halogenated alkanes) is 1. The Kier molecular flexibility index (Phi) is 8.16. The molecule has 1 heterocycles. The first-order chi connectivity index (χ1) is 17.9. The van der Waals surface area contributed by atoms with Crippen LogP contribution in [0, 0.1) is 6.92 Å². The third kappa shape index (κ3) is 6.32. The minimum absolute atomic E-state index is 0.141. The number of fused-ring (bicyclic) bond motifs is 1. The van der Waals surface area contributed by atoms with Gasteiger partial charge in [-0.2, -0.15) is 0 Å². The summed E-state index contributed by atoms with van der Waals surface area (Å²) >= 11 is 0. The summed E-state index contributed by atoms with van der Waals surface area (Å²) in [5, 5.41) is 22.3. The van der Waals surface area contributed by atoms with Gasteiger partial charge in [0.1, 0.15) is 29.2 Å². The quantitative estimate of drug-likeness (QED) is 0.238. The smallest absolute Gasteiger partial charge is 0.303 e. The van der Waals surface area contributed by atoms with E-state index in [1.54, 1.807) is 31.4 Å². The SMILES string of the molecule is COc1cc(CCCCC(=O)O)cc(NC(C(=C=O)N2CCc3ccc(C)cc32)c2ccc(O)cc2)c1. The summed E-state index contributed by atoms with van der Waals surface area (Å²) in [4.78, 5) is 25.4. The molecule has 1 aliphatic heterocycles. The molecular weight excluding hydrogens is 468 g/mol. The van der Waals surface area contributed by atoms with Crippen LogP contribution in [0.15, 0.2) is 66.4 Å². The van der Waals surface area contributed by atoms with Crippen LogP contribution in [0.2, 0.25) is 0 Å². The fraction of sp³-hybridized carbons (Fsp3) is 0.300. The monoisotopic (exact) mass is 500 g/mol. The lowest BCUT2D eigenvalue weighted by Gasteiger charge is -2.29. The molecule has 3 aromatic carbocycles. The summed E-state index contributed by atoms with van der Waals surface area (Å²) in [6.07, 6.45) is 3.02. The van der Waals surface area contributed by atoms with E-state index in [1.165, 1.54) is 5.56 Å². The van der Waals surface area contributed by atoms with E-state index in [0.29, 0.717) is 30.8 Å². The van der Waals surface area contributed by atoms with Gasteiger partial charge >= 0.3 is 5.97 Å². The van der Waals surface area contributed by atoms with Crippen molar-refractivity contribution in [1.82, 2.24) is 0 Å². The van der Waals surface area contributed by atoms with Gasteiger partial charge < -0.3 is 25.2 Å². The summed E-state index contributed by atoms with van der Waals surface area (Å²) in [7, 11) is 1.60. The maximum absolute atomic E-state index is 12.5. The molecule has 0 spiro atoms. The molecule has 0 amide bonds. The number of carboxylic acid groups (broad SMARTS) is 1. The molecule has 0 saturated carbocycles. The predicted octanol–water partition coefficient (Wildman–Crippen LogP) is 5.44. The van der Waals surface area contributed by atoms with Crippen molar-refractivity contribution in [2.24, 2.45) is 0 Å². The number of nitrogens with one attached hydrogen (secondary N) is 1. The molecule has 37 heavy (non-hydrogen) atoms. The molecule has 3 N–H and O–H groups in total. The van der Waals surface area contributed by atoms with Gasteiger partial charge in [-0.15, -0.1) is 0 Å². The third-order valence-electron chi connectivity index (χ3n) is 6.65. The number of carboxylic acids is 1. The summed E-state index contributed by atoms with van der Waals surface area (Å²) in [6.45, 7) is 2.71. The van der Waals surface area contributed by atoms with Gasteiger partial charge in [-0.25, -0.2) is 4.79 Å². The van der Waals surface area contributed by atoms with Crippen LogP contribution in [0.4, 0.5) is 11.4 Å². The van der Waals surface area contributed by atoms with Gasteiger partial charge in [0.2, 0.25) is 0 Å². The number of phenols is 1. The van der Waals surface area contributed by atoms with E-state index in [4.69, 9.17) is 9.84 Å². The number of aliphatic carboxylic acids is 1. The molecular formula is C30H32N2O5. The van der Waals surface area contributed by atoms with Crippen molar-refractivity contribution in [2.45, 2.75) is 45.1 Å². The first-order valence-corrected chi connectivity index (χ1v) is 12.4. The van der Waals surface area contributed by atoms with Crippen molar-refractivity contribution in [3.8, 4) is 11.5 Å². The highest BCUT2D eigenvalue weighted by atomic mass is 16.5. The minimum Gasteiger partial charge on any atom is -0.508 e. The molecule has 0 saturated heterocycles. The van der Waals surface area contributed by atoms with Gasteiger partial charge in [0.25, 0.3) is 0 Å². The Morgan fingerprint density at radius 1 is 1.11 bits per heavy atom. The van der Waals surface area contributed by atoms with E-state index < -0.39 is 12.0 Å². The van der Waals surface area contributed by atoms with Gasteiger partial charge in [-0.3, -0.25) is 4.79 Å². The van der Waals surface area contributed by atoms with E-state index in [1.807, 2.05) is 30.0 Å². The number of aryl methyl sites for hydroxylation is 2. The second kappa shape index (κ2) is 11.7. The van der Waals surface area contributed by atoms with Crippen molar-refractivity contribution in [3.05, 3.63) is 88.6 Å². The van der Waals surface area contributed by atoms with E-state index >= 15 is 0 Å². The topological polar surface area (TPSA) is 99.1 Å². The largest absolute Gasteiger partial charge is 0.508 e. The molecule has 3 aromatic rings. The fourth-order valence-corrected chi connectivity index (χ4v) is 4.76. The number of nitrogens with zero attached hydrogens (tertiary/aromatic N) is 1. The molecule has 0 fully saturated rings. The molecule has 192 valence electrons. The van der Waals surface area contributed by atoms with E-state index in [0.717, 1.165) is 40.9 Å². The van der Waals surface area contributed by atoms with Crippen LogP contribution in [-0.4, -0.2) is 35.8 Å². The van der Waals surface area contributed by atoms with Crippen molar-refractivity contribution in [1.29, 1.82) is 0 Å². The Balaban J connectivity index is 1.67. The number of aromatic hydroxyl groups is 1. The molecule has 0 aliphatic carbocycles. The molecule has 7 nitrogen and oxygen atoms in total. The van der Waals surface area contributed by atoms with Crippen LogP contribution < -0.4 is 15.0 Å². The number of hydrogen-bond donors (Lipinski definition) is 3. The van der Waals surface area contributed by atoms with E-state index in [9.17, 15) is 14.7 Å². The predicted molar refractivity (Wildman–Crippen MR) is 144 cm³/mol. The summed E-state index contributed by atoms with van der Waals surface area (Å²) in [5.74, 6) is 2.23. The second-order valence-electron chi connectivity index (χ2n) is 9.36. The van der Waals surface area contributed by atoms with E-state index in [-0.39, 0.29) is 12.2 Å². The van der Waals surface area contributed by atoms with Crippen LogP contribution >= 0.6 is 0 Å². The summed E-state index contributed by atoms with van der Waals surface area (Å²) in [6, 6.07) is 18.4. The minimum atomic E-state index is -0.795. The zero-order chi connectivity index (χ0) is 26.4. The average molecular weight is 501 g/mol. The van der Waals surface area contributed by atoms with Gasteiger partial charge in [0.05, 0.1) is 7.11 Å². The maximum atomic E-state index is 12.5. The molecule has 1 aliphatic rings. The standard InChI is InChI=1S/C30H32N2O5/c1-20-7-8-22-13-14-32(27(22)15-20)28(19-33)30(23-9-11-25(34)12-10-23)31-24-16-21(17-26(18-24)37-2)5-3-4-6-29(35)36/h7-12,15-18,30-31,34H,3-6,13-14H2,1-2H3,(H,35,36). The molecule has 7 heteroatoms. The third-order valence-corrected chi connectivity index (χ3v) is 6.65. The fourth-order valence-electron chi connectivity index (χ4n) is 4.76. The van der Waals surface area contributed by atoms with Gasteiger partial charge in [0.15, 0.2) is 0 Å². The van der Waals surface area contributed by atoms with Crippen molar-refractivity contribution in [3.63, 3.8) is 0 Å². The Bertz CT molecular complexity index is 1310. The molecule has 0 bridgehead atoms. The Labute approximate surface area is 217 Å². The number of ether oxygens (including phenoxy) is 1. The van der Waals surface area contributed by atoms with Gasteiger partial charge in [-0.1, -0.05) is 24.3 Å². The molecule has 0 radical (unpaired) electrons. The highest BCUT2D eigenvalue weighted by molar-refractivity contribution is 5.73. The number of carbonyl (C=O) groups excluding carboxylic acids is 1.